The molecule has 0 spiro atoms. The van der Waals surface area contributed by atoms with Crippen LogP contribution in [0, 0.1) is 0 Å². The van der Waals surface area contributed by atoms with Gasteiger partial charge in [0.05, 0.1) is 3.79 Å². The van der Waals surface area contributed by atoms with E-state index in [2.05, 4.69) is 15.9 Å². The predicted octanol–water partition coefficient (Wildman–Crippen LogP) is 2.77. The molecule has 0 amide bonds. The number of hydrogen-bond acceptors (Lipinski definition) is 2. The standard InChI is InChI=1S/C7H5BrF2O2S/c8-5-1-4(3-13-5)2-7(9,10)6(11)12/h1,3H,2H2,(H,11,12). The van der Waals surface area contributed by atoms with Crippen LogP contribution in [0.3, 0.4) is 0 Å². The largest absolute Gasteiger partial charge is 0.477 e. The highest BCUT2D eigenvalue weighted by Crippen LogP contribution is 2.26. The molecule has 0 fully saturated rings. The molecule has 0 aliphatic carbocycles. The van der Waals surface area contributed by atoms with Crippen molar-refractivity contribution in [3.8, 4) is 0 Å². The van der Waals surface area contributed by atoms with Crippen molar-refractivity contribution in [1.82, 2.24) is 0 Å². The van der Waals surface area contributed by atoms with Crippen LogP contribution in [0.4, 0.5) is 8.78 Å². The molecule has 0 aliphatic rings. The van der Waals surface area contributed by atoms with E-state index in [4.69, 9.17) is 5.11 Å². The fourth-order valence-electron chi connectivity index (χ4n) is 0.770. The van der Waals surface area contributed by atoms with E-state index < -0.39 is 18.3 Å². The normalized spacial score (nSPS) is 11.6. The predicted molar refractivity (Wildman–Crippen MR) is 48.3 cm³/mol. The Balaban J connectivity index is 2.74. The van der Waals surface area contributed by atoms with Crippen molar-refractivity contribution in [2.24, 2.45) is 0 Å². The maximum Gasteiger partial charge on any atom is 0.374 e. The van der Waals surface area contributed by atoms with Crippen molar-refractivity contribution >= 4 is 33.2 Å². The van der Waals surface area contributed by atoms with Crippen molar-refractivity contribution in [3.05, 3.63) is 20.8 Å². The van der Waals surface area contributed by atoms with Gasteiger partial charge in [0.1, 0.15) is 0 Å². The van der Waals surface area contributed by atoms with Crippen molar-refractivity contribution < 1.29 is 18.7 Å². The molecular weight excluding hydrogens is 266 g/mol. The molecule has 0 aliphatic heterocycles. The summed E-state index contributed by atoms with van der Waals surface area (Å²) in [6.07, 6.45) is -0.759. The molecule has 0 atom stereocenters. The Hall–Kier alpha value is -0.490. The quantitative estimate of drug-likeness (QED) is 0.917. The average molecular weight is 271 g/mol. The van der Waals surface area contributed by atoms with Crippen molar-refractivity contribution in [1.29, 1.82) is 0 Å². The second-order valence-corrected chi connectivity index (χ2v) is 4.74. The SMILES string of the molecule is O=C(O)C(F)(F)Cc1csc(Br)c1. The van der Waals surface area contributed by atoms with Crippen molar-refractivity contribution in [3.63, 3.8) is 0 Å². The lowest BCUT2D eigenvalue weighted by atomic mass is 10.1. The Morgan fingerprint density at radius 1 is 1.69 bits per heavy atom. The van der Waals surface area contributed by atoms with Crippen molar-refractivity contribution in [2.45, 2.75) is 12.3 Å². The fourth-order valence-corrected chi connectivity index (χ4v) is 1.98. The summed E-state index contributed by atoms with van der Waals surface area (Å²) in [7, 11) is 0. The molecular formula is C7H5BrF2O2S. The van der Waals surface area contributed by atoms with Gasteiger partial charge >= 0.3 is 11.9 Å². The minimum Gasteiger partial charge on any atom is -0.477 e. The summed E-state index contributed by atoms with van der Waals surface area (Å²) in [4.78, 5) is 10.1. The maximum atomic E-state index is 12.6. The molecule has 6 heteroatoms. The van der Waals surface area contributed by atoms with E-state index in [0.29, 0.717) is 9.35 Å². The van der Waals surface area contributed by atoms with Crippen LogP contribution in [0.5, 0.6) is 0 Å². The van der Waals surface area contributed by atoms with Crippen LogP contribution in [-0.4, -0.2) is 17.0 Å². The summed E-state index contributed by atoms with van der Waals surface area (Å²) >= 11 is 4.35. The lowest BCUT2D eigenvalue weighted by molar-refractivity contribution is -0.164. The van der Waals surface area contributed by atoms with Crippen molar-refractivity contribution in [2.75, 3.05) is 0 Å². The Labute approximate surface area is 85.3 Å². The third-order valence-electron chi connectivity index (χ3n) is 1.36. The van der Waals surface area contributed by atoms with Crippen LogP contribution >= 0.6 is 27.3 Å². The molecule has 1 aromatic heterocycles. The molecule has 2 nitrogen and oxygen atoms in total. The Kier molecular flexibility index (Phi) is 3.02. The van der Waals surface area contributed by atoms with E-state index in [0.717, 1.165) is 0 Å². The second-order valence-electron chi connectivity index (χ2n) is 2.45. The Bertz CT molecular complexity index is 324. The molecule has 0 bridgehead atoms. The molecule has 0 unspecified atom stereocenters. The van der Waals surface area contributed by atoms with E-state index in [9.17, 15) is 13.6 Å². The topological polar surface area (TPSA) is 37.3 Å². The molecule has 72 valence electrons. The van der Waals surface area contributed by atoms with Gasteiger partial charge in [-0.2, -0.15) is 8.78 Å². The Morgan fingerprint density at radius 3 is 2.69 bits per heavy atom. The number of alkyl halides is 2. The van der Waals surface area contributed by atoms with Gasteiger partial charge in [-0.15, -0.1) is 11.3 Å². The number of carboxylic acid groups (broad SMARTS) is 1. The van der Waals surface area contributed by atoms with Gasteiger partial charge in [-0.3, -0.25) is 0 Å². The van der Waals surface area contributed by atoms with Crippen LogP contribution < -0.4 is 0 Å². The van der Waals surface area contributed by atoms with Crippen LogP contribution in [0.15, 0.2) is 15.2 Å². The van der Waals surface area contributed by atoms with E-state index >= 15 is 0 Å². The van der Waals surface area contributed by atoms with Gasteiger partial charge in [-0.05, 0) is 32.9 Å². The first kappa shape index (κ1) is 10.6. The van der Waals surface area contributed by atoms with Gasteiger partial charge < -0.3 is 5.11 Å². The number of halogens is 3. The molecule has 13 heavy (non-hydrogen) atoms. The van der Waals surface area contributed by atoms with Crippen LogP contribution in [0.1, 0.15) is 5.56 Å². The molecule has 0 radical (unpaired) electrons. The lowest BCUT2D eigenvalue weighted by Crippen LogP contribution is -2.30. The summed E-state index contributed by atoms with van der Waals surface area (Å²) < 4.78 is 26.0. The first-order chi connectivity index (χ1) is 5.92. The fraction of sp³-hybridized carbons (Fsp3) is 0.286. The highest BCUT2D eigenvalue weighted by molar-refractivity contribution is 9.11. The summed E-state index contributed by atoms with van der Waals surface area (Å²) in [5.41, 5.74) is 0.323. The van der Waals surface area contributed by atoms with Gasteiger partial charge in [0, 0.05) is 6.42 Å². The van der Waals surface area contributed by atoms with Crippen LogP contribution in [0.2, 0.25) is 0 Å². The van der Waals surface area contributed by atoms with E-state index in [-0.39, 0.29) is 0 Å². The summed E-state index contributed by atoms with van der Waals surface area (Å²) in [5.74, 6) is -5.77. The average Bonchev–Trinajstić information content (AvgIpc) is 2.34. The van der Waals surface area contributed by atoms with Gasteiger partial charge in [-0.25, -0.2) is 4.79 Å². The molecule has 1 aromatic rings. The third kappa shape index (κ3) is 2.73. The number of rotatable bonds is 3. The number of carbonyl (C=O) groups is 1. The first-order valence-corrected chi connectivity index (χ1v) is 4.93. The van der Waals surface area contributed by atoms with Gasteiger partial charge in [0.2, 0.25) is 0 Å². The maximum absolute atomic E-state index is 12.6. The number of hydrogen-bond donors (Lipinski definition) is 1. The van der Waals surface area contributed by atoms with E-state index in [1.807, 2.05) is 0 Å². The molecule has 1 N–H and O–H groups in total. The number of thiophene rings is 1. The lowest BCUT2D eigenvalue weighted by Gasteiger charge is -2.08. The summed E-state index contributed by atoms with van der Waals surface area (Å²) in [6, 6.07) is 1.49. The minimum atomic E-state index is -3.68. The van der Waals surface area contributed by atoms with E-state index in [1.54, 1.807) is 0 Å². The zero-order valence-corrected chi connectivity index (χ0v) is 8.66. The molecule has 0 saturated heterocycles. The van der Waals surface area contributed by atoms with Crippen LogP contribution in [-0.2, 0) is 11.2 Å². The number of aliphatic carboxylic acids is 1. The van der Waals surface area contributed by atoms with Crippen LogP contribution in [0.25, 0.3) is 0 Å². The molecule has 1 heterocycles. The smallest absolute Gasteiger partial charge is 0.374 e. The second kappa shape index (κ2) is 3.71. The highest BCUT2D eigenvalue weighted by atomic mass is 79.9. The molecule has 0 saturated carbocycles. The minimum absolute atomic E-state index is 0.323. The van der Waals surface area contributed by atoms with Gasteiger partial charge in [0.15, 0.2) is 0 Å². The highest BCUT2D eigenvalue weighted by Gasteiger charge is 2.38. The first-order valence-electron chi connectivity index (χ1n) is 3.26. The van der Waals surface area contributed by atoms with Gasteiger partial charge in [0.25, 0.3) is 0 Å². The molecule has 1 rings (SSSR count). The monoisotopic (exact) mass is 270 g/mol. The number of carboxylic acids is 1. The van der Waals surface area contributed by atoms with Gasteiger partial charge in [-0.1, -0.05) is 0 Å². The summed E-state index contributed by atoms with van der Waals surface area (Å²) in [5, 5.41) is 9.65. The molecule has 0 aromatic carbocycles. The van der Waals surface area contributed by atoms with E-state index in [1.165, 1.54) is 22.8 Å². The summed E-state index contributed by atoms with van der Waals surface area (Å²) in [6.45, 7) is 0. The zero-order chi connectivity index (χ0) is 10.1. The Morgan fingerprint density at radius 2 is 2.31 bits per heavy atom. The third-order valence-corrected chi connectivity index (χ3v) is 2.91. The zero-order valence-electron chi connectivity index (χ0n) is 6.26.